The number of amides is 3. The van der Waals surface area contributed by atoms with Gasteiger partial charge in [-0.3, -0.25) is 9.59 Å². The third kappa shape index (κ3) is 7.98. The number of carbonyl (C=O) groups excluding carboxylic acids is 3. The Morgan fingerprint density at radius 1 is 0.872 bits per heavy atom. The number of hydrogen-bond donors (Lipinski definition) is 4. The summed E-state index contributed by atoms with van der Waals surface area (Å²) in [6.45, 7) is 5.31. The first kappa shape index (κ1) is 30.0. The van der Waals surface area contributed by atoms with Crippen LogP contribution in [0.1, 0.15) is 50.7 Å². The molecule has 10 heteroatoms. The Morgan fingerprint density at radius 2 is 1.46 bits per heavy atom. The fourth-order valence-electron chi connectivity index (χ4n) is 4.66. The first-order valence-corrected chi connectivity index (χ1v) is 14.5. The Bertz CT molecular complexity index is 1140. The van der Waals surface area contributed by atoms with Gasteiger partial charge in [0.25, 0.3) is 0 Å². The summed E-state index contributed by atoms with van der Waals surface area (Å²) in [7, 11) is 0. The van der Waals surface area contributed by atoms with Crippen molar-refractivity contribution in [2.45, 2.75) is 57.7 Å². The molecule has 210 valence electrons. The Hall–Kier alpha value is -3.53. The summed E-state index contributed by atoms with van der Waals surface area (Å²) >= 11 is 1.52. The smallest absolute Gasteiger partial charge is 0.407 e. The number of benzene rings is 2. The highest BCUT2D eigenvalue weighted by atomic mass is 32.2. The number of carbonyl (C=O) groups is 4. The minimum absolute atomic E-state index is 0.0635. The van der Waals surface area contributed by atoms with Crippen molar-refractivity contribution in [1.82, 2.24) is 16.0 Å². The van der Waals surface area contributed by atoms with E-state index in [2.05, 4.69) is 28.1 Å². The van der Waals surface area contributed by atoms with E-state index in [-0.39, 0.29) is 24.9 Å². The summed E-state index contributed by atoms with van der Waals surface area (Å²) in [4.78, 5) is 49.8. The largest absolute Gasteiger partial charge is 0.480 e. The SMILES string of the molecule is CSCC[C@H](NC(=O)OCC1c2ccccc2-c2ccccc21)C(=O)N[C@@H](C)C(=O)N[C@@H](CC(C)C)C(=O)O. The summed E-state index contributed by atoms with van der Waals surface area (Å²) in [6, 6.07) is 13.1. The molecule has 0 aromatic heterocycles. The molecule has 4 N–H and O–H groups in total. The van der Waals surface area contributed by atoms with Gasteiger partial charge < -0.3 is 25.8 Å². The molecule has 3 rings (SSSR count). The third-order valence-electron chi connectivity index (χ3n) is 6.64. The molecule has 2 aromatic rings. The maximum atomic E-state index is 13.0. The third-order valence-corrected chi connectivity index (χ3v) is 7.28. The van der Waals surface area contributed by atoms with Crippen molar-refractivity contribution < 1.29 is 29.0 Å². The number of nitrogens with one attached hydrogen (secondary N) is 3. The van der Waals surface area contributed by atoms with E-state index >= 15 is 0 Å². The Kier molecular flexibility index (Phi) is 10.8. The number of thioether (sulfide) groups is 1. The quantitative estimate of drug-likeness (QED) is 0.296. The van der Waals surface area contributed by atoms with E-state index in [1.807, 2.05) is 56.5 Å². The van der Waals surface area contributed by atoms with Crippen LogP contribution in [0.2, 0.25) is 0 Å². The summed E-state index contributed by atoms with van der Waals surface area (Å²) in [6.07, 6.45) is 1.76. The van der Waals surface area contributed by atoms with Gasteiger partial charge in [-0.05, 0) is 59.9 Å². The van der Waals surface area contributed by atoms with E-state index < -0.39 is 42.0 Å². The molecule has 3 atom stereocenters. The van der Waals surface area contributed by atoms with Crippen LogP contribution in [-0.2, 0) is 19.1 Å². The van der Waals surface area contributed by atoms with Crippen LogP contribution in [0.15, 0.2) is 48.5 Å². The molecule has 0 bridgehead atoms. The number of hydrogen-bond acceptors (Lipinski definition) is 6. The maximum absolute atomic E-state index is 13.0. The second-order valence-corrected chi connectivity index (χ2v) is 11.0. The predicted molar refractivity (Wildman–Crippen MR) is 152 cm³/mol. The number of carboxylic acid groups (broad SMARTS) is 1. The average molecular weight is 556 g/mol. The molecular formula is C29H37N3O6S. The number of carboxylic acids is 1. The zero-order chi connectivity index (χ0) is 28.5. The second kappa shape index (κ2) is 14.0. The van der Waals surface area contributed by atoms with Crippen molar-refractivity contribution in [2.24, 2.45) is 5.92 Å². The van der Waals surface area contributed by atoms with E-state index in [9.17, 15) is 24.3 Å². The predicted octanol–water partition coefficient (Wildman–Crippen LogP) is 3.77. The number of ether oxygens (including phenoxy) is 1. The van der Waals surface area contributed by atoms with Crippen LogP contribution in [0, 0.1) is 5.92 Å². The first-order valence-electron chi connectivity index (χ1n) is 13.1. The van der Waals surface area contributed by atoms with Gasteiger partial charge in [0, 0.05) is 5.92 Å². The average Bonchev–Trinajstić information content (AvgIpc) is 3.22. The van der Waals surface area contributed by atoms with Crippen molar-refractivity contribution in [3.05, 3.63) is 59.7 Å². The molecule has 0 radical (unpaired) electrons. The standard InChI is InChI=1S/C29H37N3O6S/c1-17(2)15-25(28(35)36)31-26(33)18(3)30-27(34)24(13-14-39-4)32-29(37)38-16-23-21-11-7-5-9-19(21)20-10-6-8-12-22(20)23/h5-12,17-18,23-25H,13-16H2,1-4H3,(H,30,34)(H,31,33)(H,32,37)(H,35,36)/t18-,24-,25-/m0/s1. The van der Waals surface area contributed by atoms with Crippen LogP contribution in [0.5, 0.6) is 0 Å². The highest BCUT2D eigenvalue weighted by molar-refractivity contribution is 7.98. The van der Waals surface area contributed by atoms with Crippen molar-refractivity contribution in [2.75, 3.05) is 18.6 Å². The van der Waals surface area contributed by atoms with Gasteiger partial charge >= 0.3 is 12.1 Å². The van der Waals surface area contributed by atoms with E-state index in [1.54, 1.807) is 0 Å². The second-order valence-electron chi connectivity index (χ2n) is 10.1. The molecule has 0 aliphatic heterocycles. The number of fused-ring (bicyclic) bond motifs is 3. The summed E-state index contributed by atoms with van der Waals surface area (Å²) in [5.74, 6) is -1.74. The lowest BCUT2D eigenvalue weighted by Gasteiger charge is -2.23. The van der Waals surface area contributed by atoms with E-state index in [4.69, 9.17) is 4.74 Å². The van der Waals surface area contributed by atoms with Gasteiger partial charge in [0.05, 0.1) is 0 Å². The molecule has 1 aliphatic carbocycles. The minimum atomic E-state index is -1.13. The van der Waals surface area contributed by atoms with E-state index in [0.29, 0.717) is 12.2 Å². The van der Waals surface area contributed by atoms with Crippen LogP contribution < -0.4 is 16.0 Å². The molecule has 0 unspecified atom stereocenters. The van der Waals surface area contributed by atoms with Gasteiger partial charge in [0.2, 0.25) is 11.8 Å². The number of aliphatic carboxylic acids is 1. The normalized spacial score (nSPS) is 14.5. The summed E-state index contributed by atoms with van der Waals surface area (Å²) < 4.78 is 5.59. The van der Waals surface area contributed by atoms with Crippen LogP contribution >= 0.6 is 11.8 Å². The molecular weight excluding hydrogens is 518 g/mol. The van der Waals surface area contributed by atoms with Crippen molar-refractivity contribution in [1.29, 1.82) is 0 Å². The van der Waals surface area contributed by atoms with Gasteiger partial charge in [-0.1, -0.05) is 62.4 Å². The van der Waals surface area contributed by atoms with Gasteiger partial charge in [-0.2, -0.15) is 11.8 Å². The molecule has 39 heavy (non-hydrogen) atoms. The molecule has 3 amide bonds. The highest BCUT2D eigenvalue weighted by Crippen LogP contribution is 2.44. The van der Waals surface area contributed by atoms with Gasteiger partial charge in [-0.15, -0.1) is 0 Å². The molecule has 9 nitrogen and oxygen atoms in total. The number of rotatable bonds is 13. The zero-order valence-corrected chi connectivity index (χ0v) is 23.5. The highest BCUT2D eigenvalue weighted by Gasteiger charge is 2.31. The van der Waals surface area contributed by atoms with Crippen LogP contribution in [-0.4, -0.2) is 65.7 Å². The lowest BCUT2D eigenvalue weighted by molar-refractivity contribution is -0.142. The lowest BCUT2D eigenvalue weighted by atomic mass is 9.98. The van der Waals surface area contributed by atoms with Crippen molar-refractivity contribution >= 4 is 35.6 Å². The van der Waals surface area contributed by atoms with Crippen LogP contribution in [0.4, 0.5) is 4.79 Å². The summed E-state index contributed by atoms with van der Waals surface area (Å²) in [5, 5.41) is 17.1. The zero-order valence-electron chi connectivity index (χ0n) is 22.7. The molecule has 0 fully saturated rings. The number of alkyl carbamates (subject to hydrolysis) is 1. The Labute approximate surface area is 233 Å². The lowest BCUT2D eigenvalue weighted by Crippen LogP contribution is -2.55. The Balaban J connectivity index is 1.60. The first-order chi connectivity index (χ1) is 18.6. The van der Waals surface area contributed by atoms with E-state index in [0.717, 1.165) is 22.3 Å². The topological polar surface area (TPSA) is 134 Å². The van der Waals surface area contributed by atoms with Crippen LogP contribution in [0.3, 0.4) is 0 Å². The minimum Gasteiger partial charge on any atom is -0.480 e. The Morgan fingerprint density at radius 3 is 2.00 bits per heavy atom. The maximum Gasteiger partial charge on any atom is 0.407 e. The molecule has 0 heterocycles. The van der Waals surface area contributed by atoms with Crippen LogP contribution in [0.25, 0.3) is 11.1 Å². The molecule has 0 spiro atoms. The van der Waals surface area contributed by atoms with Gasteiger partial charge in [0.1, 0.15) is 24.7 Å². The molecule has 2 aromatic carbocycles. The van der Waals surface area contributed by atoms with Gasteiger partial charge in [-0.25, -0.2) is 9.59 Å². The fourth-order valence-corrected chi connectivity index (χ4v) is 5.13. The fraction of sp³-hybridized carbons (Fsp3) is 0.448. The van der Waals surface area contributed by atoms with E-state index in [1.165, 1.54) is 18.7 Å². The molecule has 0 saturated heterocycles. The van der Waals surface area contributed by atoms with Gasteiger partial charge in [0.15, 0.2) is 0 Å². The van der Waals surface area contributed by atoms with Crippen molar-refractivity contribution in [3.63, 3.8) is 0 Å². The van der Waals surface area contributed by atoms with Crippen molar-refractivity contribution in [3.8, 4) is 11.1 Å². The summed E-state index contributed by atoms with van der Waals surface area (Å²) in [5.41, 5.74) is 4.40. The molecule has 1 aliphatic rings. The monoisotopic (exact) mass is 555 g/mol. The molecule has 0 saturated carbocycles.